The Morgan fingerprint density at radius 2 is 2.08 bits per heavy atom. The van der Waals surface area contributed by atoms with Crippen molar-refractivity contribution in [1.82, 2.24) is 20.0 Å². The molecule has 0 unspecified atom stereocenters. The molecule has 0 aliphatic carbocycles. The standard InChI is InChI=1S/C17H21N5O3/c1-5-22-11(3)16(10(2)21-22)18-14(23)6-7-15-19-20-17(25-15)13-8-9-24-12(13)4/h8-9H,5-7H2,1-4H3,(H,18,23). The summed E-state index contributed by atoms with van der Waals surface area (Å²) < 4.78 is 12.7. The number of hydrogen-bond acceptors (Lipinski definition) is 6. The van der Waals surface area contributed by atoms with Crippen molar-refractivity contribution in [3.05, 3.63) is 35.4 Å². The van der Waals surface area contributed by atoms with Gasteiger partial charge in [-0.05, 0) is 33.8 Å². The van der Waals surface area contributed by atoms with Gasteiger partial charge in [-0.25, -0.2) is 0 Å². The van der Waals surface area contributed by atoms with Gasteiger partial charge in [-0.1, -0.05) is 0 Å². The quantitative estimate of drug-likeness (QED) is 0.738. The van der Waals surface area contributed by atoms with Crippen molar-refractivity contribution in [2.45, 2.75) is 47.1 Å². The highest BCUT2D eigenvalue weighted by molar-refractivity contribution is 5.91. The predicted octanol–water partition coefficient (Wildman–Crippen LogP) is 3.04. The van der Waals surface area contributed by atoms with E-state index in [2.05, 4.69) is 20.6 Å². The van der Waals surface area contributed by atoms with Crippen molar-refractivity contribution in [1.29, 1.82) is 0 Å². The lowest BCUT2D eigenvalue weighted by atomic mass is 10.2. The maximum atomic E-state index is 12.2. The predicted molar refractivity (Wildman–Crippen MR) is 91.1 cm³/mol. The van der Waals surface area contributed by atoms with Gasteiger partial charge in [-0.15, -0.1) is 10.2 Å². The van der Waals surface area contributed by atoms with Crippen LogP contribution in [0.1, 0.15) is 36.4 Å². The van der Waals surface area contributed by atoms with Gasteiger partial charge >= 0.3 is 0 Å². The zero-order chi connectivity index (χ0) is 18.0. The van der Waals surface area contributed by atoms with Crippen LogP contribution in [0.15, 0.2) is 21.2 Å². The van der Waals surface area contributed by atoms with Crippen LogP contribution in [-0.2, 0) is 17.8 Å². The molecule has 0 saturated carbocycles. The molecule has 3 rings (SSSR count). The van der Waals surface area contributed by atoms with E-state index in [1.807, 2.05) is 32.4 Å². The molecule has 0 aliphatic heterocycles. The smallest absolute Gasteiger partial charge is 0.251 e. The normalized spacial score (nSPS) is 11.0. The van der Waals surface area contributed by atoms with Gasteiger partial charge in [0.15, 0.2) is 0 Å². The lowest BCUT2D eigenvalue weighted by Crippen LogP contribution is -2.13. The van der Waals surface area contributed by atoms with E-state index in [1.54, 1.807) is 12.3 Å². The highest BCUT2D eigenvalue weighted by atomic mass is 16.4. The molecule has 3 aromatic rings. The molecule has 0 atom stereocenters. The Bertz CT molecular complexity index is 890. The Kier molecular flexibility index (Phi) is 4.69. The molecule has 3 aromatic heterocycles. The van der Waals surface area contributed by atoms with Crippen molar-refractivity contribution in [2.24, 2.45) is 0 Å². The Labute approximate surface area is 145 Å². The number of aryl methyl sites for hydroxylation is 4. The first kappa shape index (κ1) is 16.9. The Morgan fingerprint density at radius 1 is 1.28 bits per heavy atom. The molecule has 3 heterocycles. The van der Waals surface area contributed by atoms with E-state index in [-0.39, 0.29) is 12.3 Å². The van der Waals surface area contributed by atoms with Gasteiger partial charge in [0.1, 0.15) is 5.76 Å². The second-order valence-corrected chi connectivity index (χ2v) is 5.80. The molecule has 8 heteroatoms. The SMILES string of the molecule is CCn1nc(C)c(NC(=O)CCc2nnc(-c3ccoc3C)o2)c1C. The second-order valence-electron chi connectivity index (χ2n) is 5.80. The topological polar surface area (TPSA) is 99.0 Å². The van der Waals surface area contributed by atoms with Crippen molar-refractivity contribution in [2.75, 3.05) is 5.32 Å². The second kappa shape index (κ2) is 6.92. The van der Waals surface area contributed by atoms with E-state index in [9.17, 15) is 4.79 Å². The molecule has 0 saturated heterocycles. The number of amides is 1. The Morgan fingerprint density at radius 3 is 2.72 bits per heavy atom. The third kappa shape index (κ3) is 3.47. The van der Waals surface area contributed by atoms with Crippen LogP contribution in [0.3, 0.4) is 0 Å². The molecular weight excluding hydrogens is 322 g/mol. The third-order valence-electron chi connectivity index (χ3n) is 4.07. The molecule has 8 nitrogen and oxygen atoms in total. The highest BCUT2D eigenvalue weighted by Gasteiger charge is 2.16. The van der Waals surface area contributed by atoms with Crippen molar-refractivity contribution >= 4 is 11.6 Å². The van der Waals surface area contributed by atoms with Gasteiger partial charge in [0, 0.05) is 19.4 Å². The average molecular weight is 343 g/mol. The first-order valence-corrected chi connectivity index (χ1v) is 8.20. The number of nitrogens with one attached hydrogen (secondary N) is 1. The summed E-state index contributed by atoms with van der Waals surface area (Å²) in [6.45, 7) is 8.43. The van der Waals surface area contributed by atoms with Gasteiger partial charge in [-0.2, -0.15) is 5.10 Å². The van der Waals surface area contributed by atoms with E-state index in [1.165, 1.54) is 0 Å². The van der Waals surface area contributed by atoms with Crippen molar-refractivity contribution in [3.8, 4) is 11.5 Å². The van der Waals surface area contributed by atoms with Crippen LogP contribution in [-0.4, -0.2) is 25.9 Å². The minimum Gasteiger partial charge on any atom is -0.469 e. The number of aromatic nitrogens is 4. The molecule has 0 fully saturated rings. The Balaban J connectivity index is 1.61. The Hall–Kier alpha value is -2.90. The van der Waals surface area contributed by atoms with Gasteiger partial charge in [0.05, 0.1) is 28.9 Å². The van der Waals surface area contributed by atoms with Crippen LogP contribution in [0, 0.1) is 20.8 Å². The van der Waals surface area contributed by atoms with E-state index in [4.69, 9.17) is 8.83 Å². The number of carbonyl (C=O) groups excluding carboxylic acids is 1. The largest absolute Gasteiger partial charge is 0.469 e. The summed E-state index contributed by atoms with van der Waals surface area (Å²) in [5.41, 5.74) is 3.29. The van der Waals surface area contributed by atoms with Gasteiger partial charge < -0.3 is 14.2 Å². The van der Waals surface area contributed by atoms with Crippen molar-refractivity contribution in [3.63, 3.8) is 0 Å². The van der Waals surface area contributed by atoms with E-state index >= 15 is 0 Å². The fraction of sp³-hybridized carbons (Fsp3) is 0.412. The number of hydrogen-bond donors (Lipinski definition) is 1. The summed E-state index contributed by atoms with van der Waals surface area (Å²) in [5, 5.41) is 15.3. The maximum absolute atomic E-state index is 12.2. The van der Waals surface area contributed by atoms with Crippen LogP contribution in [0.2, 0.25) is 0 Å². The highest BCUT2D eigenvalue weighted by Crippen LogP contribution is 2.23. The molecule has 0 spiro atoms. The lowest BCUT2D eigenvalue weighted by molar-refractivity contribution is -0.116. The monoisotopic (exact) mass is 343 g/mol. The van der Waals surface area contributed by atoms with Gasteiger partial charge in [0.2, 0.25) is 11.8 Å². The minimum absolute atomic E-state index is 0.110. The summed E-state index contributed by atoms with van der Waals surface area (Å²) in [6, 6.07) is 1.77. The summed E-state index contributed by atoms with van der Waals surface area (Å²) >= 11 is 0. The average Bonchev–Trinajstić information content (AvgIpc) is 3.28. The van der Waals surface area contributed by atoms with Gasteiger partial charge in [-0.3, -0.25) is 9.48 Å². The first-order valence-electron chi connectivity index (χ1n) is 8.20. The van der Waals surface area contributed by atoms with Crippen LogP contribution in [0.25, 0.3) is 11.5 Å². The van der Waals surface area contributed by atoms with Gasteiger partial charge in [0.25, 0.3) is 5.89 Å². The molecule has 1 N–H and O–H groups in total. The summed E-state index contributed by atoms with van der Waals surface area (Å²) in [6.07, 6.45) is 2.20. The summed E-state index contributed by atoms with van der Waals surface area (Å²) in [7, 11) is 0. The molecule has 132 valence electrons. The fourth-order valence-corrected chi connectivity index (χ4v) is 2.68. The fourth-order valence-electron chi connectivity index (χ4n) is 2.68. The molecule has 0 bridgehead atoms. The van der Waals surface area contributed by atoms with Crippen LogP contribution < -0.4 is 5.32 Å². The maximum Gasteiger partial charge on any atom is 0.251 e. The number of anilines is 1. The molecule has 0 aromatic carbocycles. The number of carbonyl (C=O) groups is 1. The first-order chi connectivity index (χ1) is 12.0. The number of nitrogens with zero attached hydrogens (tertiary/aromatic N) is 4. The number of furan rings is 1. The summed E-state index contributed by atoms with van der Waals surface area (Å²) in [5.74, 6) is 1.42. The molecule has 1 amide bonds. The van der Waals surface area contributed by atoms with Crippen molar-refractivity contribution < 1.29 is 13.6 Å². The van der Waals surface area contributed by atoms with Crippen LogP contribution in [0.5, 0.6) is 0 Å². The lowest BCUT2D eigenvalue weighted by Gasteiger charge is -2.05. The molecule has 0 aliphatic rings. The minimum atomic E-state index is -0.110. The molecular formula is C17H21N5O3. The number of rotatable bonds is 6. The van der Waals surface area contributed by atoms with E-state index in [0.717, 1.165) is 29.2 Å². The van der Waals surface area contributed by atoms with E-state index < -0.39 is 0 Å². The van der Waals surface area contributed by atoms with Crippen LogP contribution >= 0.6 is 0 Å². The zero-order valence-electron chi connectivity index (χ0n) is 14.8. The van der Waals surface area contributed by atoms with E-state index in [0.29, 0.717) is 24.0 Å². The van der Waals surface area contributed by atoms with Crippen LogP contribution in [0.4, 0.5) is 5.69 Å². The zero-order valence-corrected chi connectivity index (χ0v) is 14.8. The summed E-state index contributed by atoms with van der Waals surface area (Å²) in [4.78, 5) is 12.2. The third-order valence-corrected chi connectivity index (χ3v) is 4.07. The molecule has 0 radical (unpaired) electrons. The molecule has 25 heavy (non-hydrogen) atoms.